The molecule has 18 heavy (non-hydrogen) atoms. The molecule has 100 valence electrons. The van der Waals surface area contributed by atoms with Crippen LogP contribution in [0.25, 0.3) is 0 Å². The second kappa shape index (κ2) is 6.76. The van der Waals surface area contributed by atoms with Gasteiger partial charge in [-0.2, -0.15) is 0 Å². The minimum atomic E-state index is 0.321. The summed E-state index contributed by atoms with van der Waals surface area (Å²) in [5.74, 6) is 1.62. The Kier molecular flexibility index (Phi) is 5.02. The predicted octanol–water partition coefficient (Wildman–Crippen LogP) is 2.29. The molecule has 1 saturated heterocycles. The van der Waals surface area contributed by atoms with Gasteiger partial charge >= 0.3 is 0 Å². The molecule has 1 heterocycles. The Morgan fingerprint density at radius 3 is 2.78 bits per heavy atom. The van der Waals surface area contributed by atoms with Crippen LogP contribution >= 0.6 is 0 Å². The fourth-order valence-electron chi connectivity index (χ4n) is 2.59. The average Bonchev–Trinajstić information content (AvgIpc) is 2.80. The van der Waals surface area contributed by atoms with E-state index in [1.807, 2.05) is 19.1 Å². The Bertz CT molecular complexity index is 350. The van der Waals surface area contributed by atoms with E-state index in [4.69, 9.17) is 9.84 Å². The largest absolute Gasteiger partial charge is 0.494 e. The summed E-state index contributed by atoms with van der Waals surface area (Å²) in [4.78, 5) is 2.47. The number of nitrogens with zero attached hydrogens (tertiary/aromatic N) is 1. The maximum absolute atomic E-state index is 8.95. The van der Waals surface area contributed by atoms with Gasteiger partial charge in [0, 0.05) is 19.7 Å². The molecule has 1 unspecified atom stereocenters. The zero-order chi connectivity index (χ0) is 12.8. The fraction of sp³-hybridized carbons (Fsp3) is 0.600. The Hall–Kier alpha value is -1.06. The lowest BCUT2D eigenvalue weighted by Crippen LogP contribution is -2.20. The second-order valence-electron chi connectivity index (χ2n) is 4.98. The maximum Gasteiger partial charge on any atom is 0.119 e. The molecule has 3 heteroatoms. The highest BCUT2D eigenvalue weighted by molar-refractivity contribution is 5.27. The normalized spacial score (nSPS) is 20.2. The number of hydrogen-bond acceptors (Lipinski definition) is 3. The van der Waals surface area contributed by atoms with Crippen LogP contribution < -0.4 is 4.74 Å². The molecule has 0 spiro atoms. The number of aliphatic hydroxyl groups is 1. The van der Waals surface area contributed by atoms with Crippen LogP contribution in [0.3, 0.4) is 0 Å². The van der Waals surface area contributed by atoms with Gasteiger partial charge in [0.25, 0.3) is 0 Å². The molecule has 0 aliphatic carbocycles. The highest BCUT2D eigenvalue weighted by atomic mass is 16.5. The van der Waals surface area contributed by atoms with E-state index in [9.17, 15) is 0 Å². The summed E-state index contributed by atoms with van der Waals surface area (Å²) in [7, 11) is 0. The second-order valence-corrected chi connectivity index (χ2v) is 4.98. The Morgan fingerprint density at radius 1 is 1.33 bits per heavy atom. The van der Waals surface area contributed by atoms with Crippen molar-refractivity contribution in [2.45, 2.75) is 26.3 Å². The molecule has 1 aliphatic rings. The standard InChI is InChI=1S/C15H23NO2/c1-2-18-15-5-3-13(4-6-15)11-16-9-7-14(12-16)8-10-17/h3-6,14,17H,2,7-12H2,1H3. The molecule has 2 rings (SSSR count). The molecule has 1 aromatic rings. The van der Waals surface area contributed by atoms with Crippen LogP contribution in [-0.2, 0) is 6.54 Å². The van der Waals surface area contributed by atoms with Gasteiger partial charge in [-0.05, 0) is 49.9 Å². The van der Waals surface area contributed by atoms with Crippen molar-refractivity contribution >= 4 is 0 Å². The molecule has 1 N–H and O–H groups in total. The van der Waals surface area contributed by atoms with E-state index in [2.05, 4.69) is 17.0 Å². The SMILES string of the molecule is CCOc1ccc(CN2CCC(CCO)C2)cc1. The molecule has 0 bridgehead atoms. The van der Waals surface area contributed by atoms with E-state index < -0.39 is 0 Å². The first kappa shape index (κ1) is 13.4. The average molecular weight is 249 g/mol. The van der Waals surface area contributed by atoms with Crippen molar-refractivity contribution in [2.24, 2.45) is 5.92 Å². The number of likely N-dealkylation sites (tertiary alicyclic amines) is 1. The molecule has 0 saturated carbocycles. The molecule has 1 fully saturated rings. The first-order valence-corrected chi connectivity index (χ1v) is 6.86. The minimum absolute atomic E-state index is 0.321. The molecule has 0 radical (unpaired) electrons. The minimum Gasteiger partial charge on any atom is -0.494 e. The van der Waals surface area contributed by atoms with Crippen molar-refractivity contribution in [3.05, 3.63) is 29.8 Å². The van der Waals surface area contributed by atoms with Gasteiger partial charge in [-0.3, -0.25) is 4.90 Å². The summed E-state index contributed by atoms with van der Waals surface area (Å²) in [6.45, 7) is 6.31. The Morgan fingerprint density at radius 2 is 2.11 bits per heavy atom. The summed E-state index contributed by atoms with van der Waals surface area (Å²) in [6, 6.07) is 8.37. The van der Waals surface area contributed by atoms with Crippen molar-refractivity contribution in [3.8, 4) is 5.75 Å². The van der Waals surface area contributed by atoms with Crippen molar-refractivity contribution in [2.75, 3.05) is 26.3 Å². The molecule has 3 nitrogen and oxygen atoms in total. The molecule has 1 aliphatic heterocycles. The van der Waals surface area contributed by atoms with Crippen molar-refractivity contribution < 1.29 is 9.84 Å². The van der Waals surface area contributed by atoms with Crippen LogP contribution in [0.1, 0.15) is 25.3 Å². The van der Waals surface area contributed by atoms with Crippen LogP contribution in [-0.4, -0.2) is 36.3 Å². The van der Waals surface area contributed by atoms with Crippen LogP contribution in [0.2, 0.25) is 0 Å². The lowest BCUT2D eigenvalue weighted by molar-refractivity contribution is 0.249. The van der Waals surface area contributed by atoms with Crippen molar-refractivity contribution in [3.63, 3.8) is 0 Å². The third-order valence-electron chi connectivity index (χ3n) is 3.55. The van der Waals surface area contributed by atoms with E-state index in [1.165, 1.54) is 12.0 Å². The van der Waals surface area contributed by atoms with Gasteiger partial charge in [0.1, 0.15) is 5.75 Å². The highest BCUT2D eigenvalue weighted by Gasteiger charge is 2.21. The van der Waals surface area contributed by atoms with E-state index in [0.717, 1.165) is 31.8 Å². The molecular formula is C15H23NO2. The van der Waals surface area contributed by atoms with Gasteiger partial charge in [-0.1, -0.05) is 12.1 Å². The smallest absolute Gasteiger partial charge is 0.119 e. The Balaban J connectivity index is 1.82. The third-order valence-corrected chi connectivity index (χ3v) is 3.55. The van der Waals surface area contributed by atoms with Gasteiger partial charge in [0.2, 0.25) is 0 Å². The summed E-state index contributed by atoms with van der Waals surface area (Å²) >= 11 is 0. The van der Waals surface area contributed by atoms with Gasteiger partial charge < -0.3 is 9.84 Å². The summed E-state index contributed by atoms with van der Waals surface area (Å²) in [5, 5.41) is 8.95. The monoisotopic (exact) mass is 249 g/mol. The third kappa shape index (κ3) is 3.72. The maximum atomic E-state index is 8.95. The first-order valence-electron chi connectivity index (χ1n) is 6.86. The van der Waals surface area contributed by atoms with Crippen LogP contribution in [0.15, 0.2) is 24.3 Å². The van der Waals surface area contributed by atoms with E-state index in [0.29, 0.717) is 19.1 Å². The molecule has 0 amide bonds. The number of benzene rings is 1. The molecule has 0 aromatic heterocycles. The number of ether oxygens (including phenoxy) is 1. The summed E-state index contributed by atoms with van der Waals surface area (Å²) in [6.07, 6.45) is 2.16. The predicted molar refractivity (Wildman–Crippen MR) is 72.7 cm³/mol. The fourth-order valence-corrected chi connectivity index (χ4v) is 2.59. The van der Waals surface area contributed by atoms with Crippen LogP contribution in [0.4, 0.5) is 0 Å². The highest BCUT2D eigenvalue weighted by Crippen LogP contribution is 2.21. The van der Waals surface area contributed by atoms with Crippen molar-refractivity contribution in [1.82, 2.24) is 4.90 Å². The molecular weight excluding hydrogens is 226 g/mol. The number of hydrogen-bond donors (Lipinski definition) is 1. The quantitative estimate of drug-likeness (QED) is 0.839. The van der Waals surface area contributed by atoms with Gasteiger partial charge in [-0.25, -0.2) is 0 Å². The number of rotatable bonds is 6. The lowest BCUT2D eigenvalue weighted by Gasteiger charge is -2.16. The van der Waals surface area contributed by atoms with Gasteiger partial charge in [-0.15, -0.1) is 0 Å². The Labute approximate surface area is 109 Å². The first-order chi connectivity index (χ1) is 8.81. The van der Waals surface area contributed by atoms with E-state index in [-0.39, 0.29) is 0 Å². The molecule has 1 aromatic carbocycles. The summed E-state index contributed by atoms with van der Waals surface area (Å²) in [5.41, 5.74) is 1.34. The zero-order valence-corrected chi connectivity index (χ0v) is 11.1. The van der Waals surface area contributed by atoms with E-state index in [1.54, 1.807) is 0 Å². The van der Waals surface area contributed by atoms with Gasteiger partial charge in [0.15, 0.2) is 0 Å². The van der Waals surface area contributed by atoms with Crippen molar-refractivity contribution in [1.29, 1.82) is 0 Å². The summed E-state index contributed by atoms with van der Waals surface area (Å²) < 4.78 is 5.44. The number of aliphatic hydroxyl groups excluding tert-OH is 1. The van der Waals surface area contributed by atoms with E-state index >= 15 is 0 Å². The molecule has 1 atom stereocenters. The zero-order valence-electron chi connectivity index (χ0n) is 11.1. The topological polar surface area (TPSA) is 32.7 Å². The van der Waals surface area contributed by atoms with Crippen LogP contribution in [0.5, 0.6) is 5.75 Å². The lowest BCUT2D eigenvalue weighted by atomic mass is 10.1. The van der Waals surface area contributed by atoms with Crippen LogP contribution in [0, 0.1) is 5.92 Å². The van der Waals surface area contributed by atoms with Gasteiger partial charge in [0.05, 0.1) is 6.61 Å².